The van der Waals surface area contributed by atoms with Crippen LogP contribution >= 0.6 is 15.9 Å². The summed E-state index contributed by atoms with van der Waals surface area (Å²) in [5.41, 5.74) is 6.02. The Morgan fingerprint density at radius 2 is 2.32 bits per heavy atom. The highest BCUT2D eigenvalue weighted by molar-refractivity contribution is 9.10. The SMILES string of the molecule is NCC1(C(O)c2ccc(Br)c(F)c2)CC2CCC1O2. The van der Waals surface area contributed by atoms with Gasteiger partial charge in [0.1, 0.15) is 5.82 Å². The van der Waals surface area contributed by atoms with Crippen molar-refractivity contribution in [1.82, 2.24) is 0 Å². The van der Waals surface area contributed by atoms with E-state index < -0.39 is 11.5 Å². The molecular formula is C14H17BrFNO2. The number of halogens is 2. The van der Waals surface area contributed by atoms with Crippen molar-refractivity contribution in [2.45, 2.75) is 37.6 Å². The monoisotopic (exact) mass is 329 g/mol. The van der Waals surface area contributed by atoms with E-state index in [0.29, 0.717) is 16.6 Å². The average Bonchev–Trinajstić information content (AvgIpc) is 3.02. The van der Waals surface area contributed by atoms with Crippen LogP contribution in [0.15, 0.2) is 22.7 Å². The number of hydrogen-bond donors (Lipinski definition) is 2. The Hall–Kier alpha value is -0.490. The van der Waals surface area contributed by atoms with Crippen molar-refractivity contribution in [2.75, 3.05) is 6.54 Å². The molecule has 2 aliphatic rings. The smallest absolute Gasteiger partial charge is 0.137 e. The number of nitrogens with two attached hydrogens (primary N) is 1. The molecule has 4 unspecified atom stereocenters. The van der Waals surface area contributed by atoms with E-state index in [1.165, 1.54) is 6.07 Å². The van der Waals surface area contributed by atoms with Crippen molar-refractivity contribution in [3.05, 3.63) is 34.1 Å². The molecule has 0 saturated carbocycles. The molecule has 4 atom stereocenters. The van der Waals surface area contributed by atoms with Crippen LogP contribution in [0.5, 0.6) is 0 Å². The highest BCUT2D eigenvalue weighted by Gasteiger charge is 2.55. The average molecular weight is 330 g/mol. The van der Waals surface area contributed by atoms with Crippen LogP contribution in [0.2, 0.25) is 0 Å². The first-order valence-electron chi connectivity index (χ1n) is 6.55. The molecule has 3 rings (SSSR count). The number of hydrogen-bond acceptors (Lipinski definition) is 3. The molecule has 2 aliphatic heterocycles. The molecule has 19 heavy (non-hydrogen) atoms. The molecular weight excluding hydrogens is 313 g/mol. The number of rotatable bonds is 3. The normalized spacial score (nSPS) is 34.7. The molecule has 1 aromatic carbocycles. The van der Waals surface area contributed by atoms with Crippen molar-refractivity contribution in [3.8, 4) is 0 Å². The van der Waals surface area contributed by atoms with Gasteiger partial charge < -0.3 is 15.6 Å². The van der Waals surface area contributed by atoms with Gasteiger partial charge >= 0.3 is 0 Å². The maximum atomic E-state index is 13.6. The summed E-state index contributed by atoms with van der Waals surface area (Å²) in [4.78, 5) is 0. The number of fused-ring (bicyclic) bond motifs is 2. The van der Waals surface area contributed by atoms with Crippen molar-refractivity contribution < 1.29 is 14.2 Å². The minimum Gasteiger partial charge on any atom is -0.388 e. The van der Waals surface area contributed by atoms with Gasteiger partial charge in [-0.15, -0.1) is 0 Å². The van der Waals surface area contributed by atoms with E-state index in [1.807, 2.05) is 0 Å². The van der Waals surface area contributed by atoms with Crippen LogP contribution in [-0.2, 0) is 4.74 Å². The largest absolute Gasteiger partial charge is 0.388 e. The molecule has 104 valence electrons. The predicted molar refractivity (Wildman–Crippen MR) is 73.1 cm³/mol. The highest BCUT2D eigenvalue weighted by Crippen LogP contribution is 2.53. The van der Waals surface area contributed by atoms with Crippen LogP contribution in [0.3, 0.4) is 0 Å². The number of aliphatic hydroxyl groups excluding tert-OH is 1. The van der Waals surface area contributed by atoms with Gasteiger partial charge in [0, 0.05) is 12.0 Å². The third-order valence-electron chi connectivity index (χ3n) is 4.54. The maximum Gasteiger partial charge on any atom is 0.137 e. The van der Waals surface area contributed by atoms with E-state index in [0.717, 1.165) is 19.3 Å². The van der Waals surface area contributed by atoms with Crippen LogP contribution in [0.1, 0.15) is 30.9 Å². The summed E-state index contributed by atoms with van der Waals surface area (Å²) in [5.74, 6) is -0.368. The van der Waals surface area contributed by atoms with Gasteiger partial charge in [0.15, 0.2) is 0 Å². The Kier molecular flexibility index (Phi) is 3.41. The Morgan fingerprint density at radius 1 is 1.53 bits per heavy atom. The van der Waals surface area contributed by atoms with Gasteiger partial charge in [-0.25, -0.2) is 4.39 Å². The fraction of sp³-hybridized carbons (Fsp3) is 0.571. The molecule has 0 amide bonds. The predicted octanol–water partition coefficient (Wildman–Crippen LogP) is 2.52. The quantitative estimate of drug-likeness (QED) is 0.895. The number of ether oxygens (including phenoxy) is 1. The lowest BCUT2D eigenvalue weighted by Gasteiger charge is -2.38. The molecule has 2 saturated heterocycles. The molecule has 3 nitrogen and oxygen atoms in total. The lowest BCUT2D eigenvalue weighted by atomic mass is 9.68. The van der Waals surface area contributed by atoms with Crippen LogP contribution < -0.4 is 5.73 Å². The minimum absolute atomic E-state index is 0.00999. The van der Waals surface area contributed by atoms with E-state index in [-0.39, 0.29) is 18.0 Å². The number of benzene rings is 1. The van der Waals surface area contributed by atoms with Crippen LogP contribution in [0.25, 0.3) is 0 Å². The first kappa shape index (κ1) is 13.5. The molecule has 1 aromatic rings. The van der Waals surface area contributed by atoms with Crippen molar-refractivity contribution >= 4 is 15.9 Å². The fourth-order valence-electron chi connectivity index (χ4n) is 3.46. The second-order valence-corrected chi connectivity index (χ2v) is 6.40. The summed E-state index contributed by atoms with van der Waals surface area (Å²) in [5, 5.41) is 10.7. The molecule has 2 fully saturated rings. The van der Waals surface area contributed by atoms with Gasteiger partial charge in [-0.05, 0) is 52.9 Å². The molecule has 2 bridgehead atoms. The van der Waals surface area contributed by atoms with Gasteiger partial charge in [0.05, 0.1) is 22.8 Å². The van der Waals surface area contributed by atoms with Gasteiger partial charge in [-0.1, -0.05) is 6.07 Å². The lowest BCUT2D eigenvalue weighted by molar-refractivity contribution is -0.0265. The van der Waals surface area contributed by atoms with E-state index in [4.69, 9.17) is 10.5 Å². The molecule has 0 spiro atoms. The first-order chi connectivity index (χ1) is 9.06. The lowest BCUT2D eigenvalue weighted by Crippen LogP contribution is -2.44. The van der Waals surface area contributed by atoms with Gasteiger partial charge in [-0.3, -0.25) is 0 Å². The zero-order valence-corrected chi connectivity index (χ0v) is 12.1. The van der Waals surface area contributed by atoms with Gasteiger partial charge in [0.25, 0.3) is 0 Å². The molecule has 0 radical (unpaired) electrons. The summed E-state index contributed by atoms with van der Waals surface area (Å²) in [6, 6.07) is 4.73. The van der Waals surface area contributed by atoms with E-state index in [1.54, 1.807) is 12.1 Å². The molecule has 0 aliphatic carbocycles. The Bertz CT molecular complexity index is 498. The summed E-state index contributed by atoms with van der Waals surface area (Å²) >= 11 is 3.12. The highest BCUT2D eigenvalue weighted by atomic mass is 79.9. The zero-order valence-electron chi connectivity index (χ0n) is 10.5. The Labute approximate surface area is 120 Å². The van der Waals surface area contributed by atoms with E-state index >= 15 is 0 Å². The second kappa shape index (κ2) is 4.81. The van der Waals surface area contributed by atoms with Crippen LogP contribution in [0, 0.1) is 11.2 Å². The first-order valence-corrected chi connectivity index (χ1v) is 7.34. The van der Waals surface area contributed by atoms with Crippen LogP contribution in [0.4, 0.5) is 4.39 Å². The molecule has 5 heteroatoms. The second-order valence-electron chi connectivity index (χ2n) is 5.54. The Balaban J connectivity index is 1.93. The molecule has 3 N–H and O–H groups in total. The zero-order chi connectivity index (χ0) is 13.6. The molecule has 2 heterocycles. The fourth-order valence-corrected chi connectivity index (χ4v) is 3.71. The van der Waals surface area contributed by atoms with Crippen LogP contribution in [-0.4, -0.2) is 23.9 Å². The number of aliphatic hydroxyl groups is 1. The summed E-state index contributed by atoms with van der Waals surface area (Å²) in [6.45, 7) is 0.354. The summed E-state index contributed by atoms with van der Waals surface area (Å²) in [6.07, 6.45) is 2.13. The summed E-state index contributed by atoms with van der Waals surface area (Å²) in [7, 11) is 0. The van der Waals surface area contributed by atoms with E-state index in [9.17, 15) is 9.50 Å². The molecule has 0 aromatic heterocycles. The third-order valence-corrected chi connectivity index (χ3v) is 5.18. The van der Waals surface area contributed by atoms with Gasteiger partial charge in [0.2, 0.25) is 0 Å². The van der Waals surface area contributed by atoms with E-state index in [2.05, 4.69) is 15.9 Å². The van der Waals surface area contributed by atoms with Crippen molar-refractivity contribution in [1.29, 1.82) is 0 Å². The van der Waals surface area contributed by atoms with Crippen molar-refractivity contribution in [3.63, 3.8) is 0 Å². The van der Waals surface area contributed by atoms with Gasteiger partial charge in [-0.2, -0.15) is 0 Å². The Morgan fingerprint density at radius 3 is 2.84 bits per heavy atom. The summed E-state index contributed by atoms with van der Waals surface area (Å²) < 4.78 is 19.9. The van der Waals surface area contributed by atoms with Crippen molar-refractivity contribution in [2.24, 2.45) is 11.1 Å². The third kappa shape index (κ3) is 2.03. The minimum atomic E-state index is -0.782. The maximum absolute atomic E-state index is 13.6. The topological polar surface area (TPSA) is 55.5 Å². The standard InChI is InChI=1S/C14H17BrFNO2/c15-10-3-1-8(5-11(10)16)13(18)14(7-17)6-9-2-4-12(14)19-9/h1,3,5,9,12-13,18H,2,4,6-7,17H2.